The van der Waals surface area contributed by atoms with Crippen LogP contribution in [-0.2, 0) is 14.8 Å². The molecule has 112 valence electrons. The standard InChI is InChI=1S/C12H15ClFNO4S/c1-7(2)5-10(12(16)17)15-20(18,19)11-4-3-8(14)6-9(11)13/h3-4,6-7,10,15H,5H2,1-2H3,(H,16,17). The van der Waals surface area contributed by atoms with Gasteiger partial charge in [0.2, 0.25) is 10.0 Å². The third kappa shape index (κ3) is 4.43. The highest BCUT2D eigenvalue weighted by Crippen LogP contribution is 2.22. The van der Waals surface area contributed by atoms with Crippen LogP contribution in [0.15, 0.2) is 23.1 Å². The van der Waals surface area contributed by atoms with E-state index in [0.717, 1.165) is 18.2 Å². The minimum Gasteiger partial charge on any atom is -0.480 e. The molecular formula is C12H15ClFNO4S. The first-order valence-electron chi connectivity index (χ1n) is 5.83. The van der Waals surface area contributed by atoms with Crippen LogP contribution in [0.1, 0.15) is 20.3 Å². The molecule has 20 heavy (non-hydrogen) atoms. The topological polar surface area (TPSA) is 83.5 Å². The summed E-state index contributed by atoms with van der Waals surface area (Å²) in [5, 5.41) is 8.73. The second-order valence-electron chi connectivity index (χ2n) is 4.72. The molecule has 0 radical (unpaired) electrons. The van der Waals surface area contributed by atoms with Gasteiger partial charge in [-0.1, -0.05) is 25.4 Å². The maximum Gasteiger partial charge on any atom is 0.321 e. The fourth-order valence-corrected chi connectivity index (χ4v) is 3.35. The van der Waals surface area contributed by atoms with Crippen LogP contribution in [0.5, 0.6) is 0 Å². The van der Waals surface area contributed by atoms with Crippen LogP contribution in [-0.4, -0.2) is 25.5 Å². The number of hydrogen-bond donors (Lipinski definition) is 2. The molecule has 5 nitrogen and oxygen atoms in total. The van der Waals surface area contributed by atoms with Crippen molar-refractivity contribution in [3.05, 3.63) is 29.0 Å². The molecule has 0 fully saturated rings. The predicted octanol–water partition coefficient (Wildman–Crippen LogP) is 2.26. The van der Waals surface area contributed by atoms with Gasteiger partial charge in [0.05, 0.1) is 5.02 Å². The number of rotatable bonds is 6. The zero-order valence-electron chi connectivity index (χ0n) is 10.9. The SMILES string of the molecule is CC(C)CC(NS(=O)(=O)c1ccc(F)cc1Cl)C(=O)O. The third-order valence-electron chi connectivity index (χ3n) is 2.49. The molecule has 0 heterocycles. The van der Waals surface area contributed by atoms with Crippen LogP contribution >= 0.6 is 11.6 Å². The summed E-state index contributed by atoms with van der Waals surface area (Å²) in [5.41, 5.74) is 0. The molecular weight excluding hydrogens is 309 g/mol. The first-order chi connectivity index (χ1) is 9.13. The van der Waals surface area contributed by atoms with Crippen molar-refractivity contribution in [2.75, 3.05) is 0 Å². The van der Waals surface area contributed by atoms with Crippen LogP contribution in [0, 0.1) is 11.7 Å². The number of aliphatic carboxylic acids is 1. The second-order valence-corrected chi connectivity index (χ2v) is 6.81. The number of hydrogen-bond acceptors (Lipinski definition) is 3. The Bertz CT molecular complexity index is 603. The molecule has 1 atom stereocenters. The van der Waals surface area contributed by atoms with Crippen LogP contribution in [0.25, 0.3) is 0 Å². The first-order valence-corrected chi connectivity index (χ1v) is 7.69. The number of carboxylic acid groups (broad SMARTS) is 1. The van der Waals surface area contributed by atoms with Gasteiger partial charge in [0.25, 0.3) is 0 Å². The Kier molecular flexibility index (Phi) is 5.50. The van der Waals surface area contributed by atoms with Gasteiger partial charge < -0.3 is 5.11 Å². The molecule has 1 unspecified atom stereocenters. The number of carboxylic acids is 1. The lowest BCUT2D eigenvalue weighted by Crippen LogP contribution is -2.41. The van der Waals surface area contributed by atoms with Gasteiger partial charge in [-0.25, -0.2) is 12.8 Å². The summed E-state index contributed by atoms with van der Waals surface area (Å²) in [5.74, 6) is -1.96. The van der Waals surface area contributed by atoms with E-state index in [2.05, 4.69) is 4.72 Å². The Morgan fingerprint density at radius 1 is 1.45 bits per heavy atom. The Morgan fingerprint density at radius 3 is 2.50 bits per heavy atom. The molecule has 0 aromatic heterocycles. The van der Waals surface area contributed by atoms with Crippen LogP contribution in [0.3, 0.4) is 0 Å². The monoisotopic (exact) mass is 323 g/mol. The molecule has 1 rings (SSSR count). The Balaban J connectivity index is 3.06. The normalized spacial score (nSPS) is 13.4. The number of carbonyl (C=O) groups is 1. The second kappa shape index (κ2) is 6.51. The van der Waals surface area contributed by atoms with Crippen molar-refractivity contribution in [1.82, 2.24) is 4.72 Å². The van der Waals surface area contributed by atoms with E-state index in [4.69, 9.17) is 16.7 Å². The molecule has 0 amide bonds. The highest BCUT2D eigenvalue weighted by Gasteiger charge is 2.27. The molecule has 0 aliphatic heterocycles. The number of benzene rings is 1. The average molecular weight is 324 g/mol. The van der Waals surface area contributed by atoms with Crippen molar-refractivity contribution in [2.45, 2.75) is 31.2 Å². The Morgan fingerprint density at radius 2 is 2.05 bits per heavy atom. The predicted molar refractivity (Wildman–Crippen MR) is 72.6 cm³/mol. The lowest BCUT2D eigenvalue weighted by molar-refractivity contribution is -0.139. The van der Waals surface area contributed by atoms with Gasteiger partial charge in [-0.15, -0.1) is 0 Å². The maximum atomic E-state index is 12.9. The van der Waals surface area contributed by atoms with Crippen molar-refractivity contribution in [3.8, 4) is 0 Å². The fourth-order valence-electron chi connectivity index (χ4n) is 1.61. The van der Waals surface area contributed by atoms with E-state index in [1.807, 2.05) is 0 Å². The lowest BCUT2D eigenvalue weighted by Gasteiger charge is -2.17. The van der Waals surface area contributed by atoms with Gasteiger partial charge in [0.1, 0.15) is 16.8 Å². The molecule has 0 bridgehead atoms. The summed E-state index contributed by atoms with van der Waals surface area (Å²) in [6.45, 7) is 3.55. The van der Waals surface area contributed by atoms with Crippen molar-refractivity contribution < 1.29 is 22.7 Å². The lowest BCUT2D eigenvalue weighted by atomic mass is 10.1. The summed E-state index contributed by atoms with van der Waals surface area (Å²) >= 11 is 5.68. The van der Waals surface area contributed by atoms with E-state index in [1.54, 1.807) is 13.8 Å². The summed E-state index contributed by atoms with van der Waals surface area (Å²) in [7, 11) is -4.13. The van der Waals surface area contributed by atoms with Crippen molar-refractivity contribution in [1.29, 1.82) is 0 Å². The number of halogens is 2. The highest BCUT2D eigenvalue weighted by molar-refractivity contribution is 7.89. The van der Waals surface area contributed by atoms with Gasteiger partial charge in [0.15, 0.2) is 0 Å². The van der Waals surface area contributed by atoms with E-state index in [0.29, 0.717) is 0 Å². The molecule has 1 aromatic carbocycles. The zero-order valence-corrected chi connectivity index (χ0v) is 12.5. The van der Waals surface area contributed by atoms with Gasteiger partial charge in [-0.05, 0) is 30.5 Å². The van der Waals surface area contributed by atoms with Crippen LogP contribution < -0.4 is 4.72 Å². The van der Waals surface area contributed by atoms with Crippen LogP contribution in [0.2, 0.25) is 5.02 Å². The van der Waals surface area contributed by atoms with Crippen molar-refractivity contribution in [3.63, 3.8) is 0 Å². The minimum absolute atomic E-state index is 0.0116. The molecule has 0 saturated heterocycles. The Labute approximate surface area is 121 Å². The fraction of sp³-hybridized carbons (Fsp3) is 0.417. The van der Waals surface area contributed by atoms with Crippen molar-refractivity contribution >= 4 is 27.6 Å². The van der Waals surface area contributed by atoms with E-state index < -0.39 is 27.9 Å². The summed E-state index contributed by atoms with van der Waals surface area (Å²) in [6.07, 6.45) is 0.132. The third-order valence-corrected chi connectivity index (χ3v) is 4.44. The van der Waals surface area contributed by atoms with Gasteiger partial charge >= 0.3 is 5.97 Å². The highest BCUT2D eigenvalue weighted by atomic mass is 35.5. The minimum atomic E-state index is -4.13. The molecule has 0 spiro atoms. The molecule has 8 heteroatoms. The van der Waals surface area contributed by atoms with Gasteiger partial charge in [-0.3, -0.25) is 4.79 Å². The van der Waals surface area contributed by atoms with E-state index >= 15 is 0 Å². The summed E-state index contributed by atoms with van der Waals surface area (Å²) < 4.78 is 39.1. The van der Waals surface area contributed by atoms with Gasteiger partial charge in [-0.2, -0.15) is 4.72 Å². The smallest absolute Gasteiger partial charge is 0.321 e. The summed E-state index contributed by atoms with van der Waals surface area (Å²) in [6, 6.07) is 1.53. The molecule has 2 N–H and O–H groups in total. The van der Waals surface area contributed by atoms with Gasteiger partial charge in [0, 0.05) is 0 Å². The van der Waals surface area contributed by atoms with E-state index in [1.165, 1.54) is 0 Å². The van der Waals surface area contributed by atoms with E-state index in [9.17, 15) is 17.6 Å². The molecule has 1 aromatic rings. The van der Waals surface area contributed by atoms with Crippen LogP contribution in [0.4, 0.5) is 4.39 Å². The van der Waals surface area contributed by atoms with Crippen molar-refractivity contribution in [2.24, 2.45) is 5.92 Å². The quantitative estimate of drug-likeness (QED) is 0.841. The Hall–Kier alpha value is -1.18. The largest absolute Gasteiger partial charge is 0.480 e. The average Bonchev–Trinajstić information content (AvgIpc) is 2.26. The van der Waals surface area contributed by atoms with E-state index in [-0.39, 0.29) is 22.3 Å². The molecule has 0 aliphatic rings. The molecule has 0 aliphatic carbocycles. The number of nitrogens with one attached hydrogen (secondary N) is 1. The first kappa shape index (κ1) is 16.9. The molecule has 0 saturated carbocycles. The maximum absolute atomic E-state index is 12.9. The zero-order chi connectivity index (χ0) is 15.5. The number of sulfonamides is 1. The summed E-state index contributed by atoms with van der Waals surface area (Å²) in [4.78, 5) is 10.7.